The van der Waals surface area contributed by atoms with Gasteiger partial charge in [0.05, 0.1) is 28.0 Å². The van der Waals surface area contributed by atoms with Crippen LogP contribution >= 0.6 is 11.6 Å². The van der Waals surface area contributed by atoms with Gasteiger partial charge in [-0.3, -0.25) is 4.40 Å². The zero-order valence-corrected chi connectivity index (χ0v) is 15.6. The average Bonchev–Trinajstić information content (AvgIpc) is 3.01. The summed E-state index contributed by atoms with van der Waals surface area (Å²) in [7, 11) is 0. The number of aryl methyl sites for hydroxylation is 1. The molecule has 0 aliphatic carbocycles. The van der Waals surface area contributed by atoms with Gasteiger partial charge in [0.1, 0.15) is 11.3 Å². The summed E-state index contributed by atoms with van der Waals surface area (Å²) in [4.78, 5) is 13.7. The first-order chi connectivity index (χ1) is 12.3. The molecule has 1 aromatic carbocycles. The fourth-order valence-corrected chi connectivity index (χ4v) is 3.45. The zero-order valence-electron chi connectivity index (χ0n) is 14.9. The Hall–Kier alpha value is -2.50. The van der Waals surface area contributed by atoms with Crippen molar-refractivity contribution in [3.63, 3.8) is 0 Å². The molecule has 1 N–H and O–H groups in total. The van der Waals surface area contributed by atoms with E-state index < -0.39 is 5.60 Å². The molecule has 0 radical (unpaired) electrons. The maximum atomic E-state index is 10.1. The van der Waals surface area contributed by atoms with E-state index in [1.807, 2.05) is 41.7 Å². The molecule has 0 aliphatic heterocycles. The van der Waals surface area contributed by atoms with Crippen LogP contribution in [0.1, 0.15) is 25.1 Å². The third-order valence-electron chi connectivity index (χ3n) is 4.31. The van der Waals surface area contributed by atoms with Crippen molar-refractivity contribution in [2.45, 2.75) is 32.8 Å². The zero-order chi connectivity index (χ0) is 18.5. The first kappa shape index (κ1) is 16.9. The molecule has 6 heteroatoms. The molecule has 26 heavy (non-hydrogen) atoms. The number of hydrogen-bond donors (Lipinski definition) is 1. The van der Waals surface area contributed by atoms with Gasteiger partial charge in [-0.2, -0.15) is 0 Å². The smallest absolute Gasteiger partial charge is 0.164 e. The van der Waals surface area contributed by atoms with Crippen molar-refractivity contribution in [1.82, 2.24) is 19.4 Å². The second-order valence-electron chi connectivity index (χ2n) is 7.15. The number of rotatable bonds is 3. The molecule has 4 aromatic rings. The van der Waals surface area contributed by atoms with Gasteiger partial charge in [-0.25, -0.2) is 15.0 Å². The number of fused-ring (bicyclic) bond motifs is 3. The van der Waals surface area contributed by atoms with Crippen molar-refractivity contribution in [3.05, 3.63) is 59.0 Å². The summed E-state index contributed by atoms with van der Waals surface area (Å²) in [5.74, 6) is 0.719. The van der Waals surface area contributed by atoms with E-state index in [0.29, 0.717) is 11.4 Å². The largest absolute Gasteiger partial charge is 0.390 e. The predicted molar refractivity (Wildman–Crippen MR) is 103 cm³/mol. The predicted octanol–water partition coefficient (Wildman–Crippen LogP) is 4.22. The molecular weight excluding hydrogens is 348 g/mol. The molecule has 0 amide bonds. The first-order valence-corrected chi connectivity index (χ1v) is 8.81. The molecule has 0 spiro atoms. The fourth-order valence-electron chi connectivity index (χ4n) is 3.25. The van der Waals surface area contributed by atoms with Gasteiger partial charge in [0.15, 0.2) is 5.65 Å². The van der Waals surface area contributed by atoms with E-state index in [4.69, 9.17) is 11.6 Å². The Bertz CT molecular complexity index is 1130. The summed E-state index contributed by atoms with van der Waals surface area (Å²) in [5.41, 5.74) is 4.34. The summed E-state index contributed by atoms with van der Waals surface area (Å²) in [6.07, 6.45) is 4.07. The molecule has 0 aliphatic rings. The SMILES string of the molecule is Cc1nc2cccnc2n2c(-c3cc(CC(C)(C)O)ccc3Cl)ncc12. The van der Waals surface area contributed by atoms with Gasteiger partial charge in [0.25, 0.3) is 0 Å². The number of halogens is 1. The van der Waals surface area contributed by atoms with E-state index in [2.05, 4.69) is 15.0 Å². The molecule has 0 unspecified atom stereocenters. The van der Waals surface area contributed by atoms with E-state index >= 15 is 0 Å². The quantitative estimate of drug-likeness (QED) is 0.589. The van der Waals surface area contributed by atoms with Gasteiger partial charge in [-0.05, 0) is 50.6 Å². The highest BCUT2D eigenvalue weighted by molar-refractivity contribution is 6.33. The molecule has 0 bridgehead atoms. The van der Waals surface area contributed by atoms with Crippen LogP contribution in [0.2, 0.25) is 5.02 Å². The number of hydrogen-bond acceptors (Lipinski definition) is 4. The Labute approximate surface area is 156 Å². The number of pyridine rings is 1. The van der Waals surface area contributed by atoms with Gasteiger partial charge >= 0.3 is 0 Å². The Morgan fingerprint density at radius 3 is 2.77 bits per heavy atom. The van der Waals surface area contributed by atoms with E-state index in [1.54, 1.807) is 26.2 Å². The molecular formula is C20H19ClN4O. The Balaban J connectivity index is 1.99. The molecule has 3 aromatic heterocycles. The van der Waals surface area contributed by atoms with Crippen LogP contribution in [-0.2, 0) is 6.42 Å². The summed E-state index contributed by atoms with van der Waals surface area (Å²) in [6, 6.07) is 9.57. The Morgan fingerprint density at radius 1 is 1.19 bits per heavy atom. The normalized spacial score (nSPS) is 12.2. The van der Waals surface area contributed by atoms with Crippen LogP contribution in [0.5, 0.6) is 0 Å². The fraction of sp³-hybridized carbons (Fsp3) is 0.250. The Morgan fingerprint density at radius 2 is 2.00 bits per heavy atom. The number of imidazole rings is 1. The lowest BCUT2D eigenvalue weighted by molar-refractivity contribution is 0.0810. The van der Waals surface area contributed by atoms with Crippen molar-refractivity contribution in [1.29, 1.82) is 0 Å². The first-order valence-electron chi connectivity index (χ1n) is 8.43. The van der Waals surface area contributed by atoms with Gasteiger partial charge in [0, 0.05) is 18.2 Å². The minimum Gasteiger partial charge on any atom is -0.390 e. The Kier molecular flexibility index (Phi) is 3.93. The molecule has 0 saturated carbocycles. The van der Waals surface area contributed by atoms with Crippen molar-refractivity contribution in [3.8, 4) is 11.4 Å². The van der Waals surface area contributed by atoms with Crippen LogP contribution in [0.15, 0.2) is 42.7 Å². The highest BCUT2D eigenvalue weighted by Gasteiger charge is 2.18. The maximum absolute atomic E-state index is 10.1. The summed E-state index contributed by atoms with van der Waals surface area (Å²) in [5, 5.41) is 10.7. The summed E-state index contributed by atoms with van der Waals surface area (Å²) in [6.45, 7) is 5.54. The van der Waals surface area contributed by atoms with E-state index in [9.17, 15) is 5.11 Å². The molecule has 0 fully saturated rings. The highest BCUT2D eigenvalue weighted by Crippen LogP contribution is 2.31. The standard InChI is InChI=1S/C20H19ClN4O/c1-12-17-11-23-18(25(17)19-16(24-12)5-4-8-22-19)14-9-13(6-7-15(14)21)10-20(2,3)26/h4-9,11,26H,10H2,1-3H3. The lowest BCUT2D eigenvalue weighted by Gasteiger charge is -2.17. The van der Waals surface area contributed by atoms with Gasteiger partial charge in [-0.1, -0.05) is 17.7 Å². The van der Waals surface area contributed by atoms with Crippen molar-refractivity contribution in [2.24, 2.45) is 0 Å². The van der Waals surface area contributed by atoms with Gasteiger partial charge in [-0.15, -0.1) is 0 Å². The molecule has 0 saturated heterocycles. The maximum Gasteiger partial charge on any atom is 0.164 e. The third-order valence-corrected chi connectivity index (χ3v) is 4.64. The van der Waals surface area contributed by atoms with Crippen molar-refractivity contribution < 1.29 is 5.11 Å². The molecule has 4 rings (SSSR count). The molecule has 132 valence electrons. The minimum absolute atomic E-state index is 0.528. The van der Waals surface area contributed by atoms with E-state index in [-0.39, 0.29) is 0 Å². The average molecular weight is 367 g/mol. The number of aromatic nitrogens is 4. The van der Waals surface area contributed by atoms with Crippen LogP contribution in [0, 0.1) is 6.92 Å². The van der Waals surface area contributed by atoms with Crippen LogP contribution in [-0.4, -0.2) is 30.1 Å². The topological polar surface area (TPSA) is 63.3 Å². The summed E-state index contributed by atoms with van der Waals surface area (Å²) >= 11 is 6.50. The van der Waals surface area contributed by atoms with Crippen LogP contribution < -0.4 is 0 Å². The van der Waals surface area contributed by atoms with Gasteiger partial charge in [0.2, 0.25) is 0 Å². The van der Waals surface area contributed by atoms with Gasteiger partial charge < -0.3 is 5.11 Å². The van der Waals surface area contributed by atoms with Crippen molar-refractivity contribution in [2.75, 3.05) is 0 Å². The lowest BCUT2D eigenvalue weighted by atomic mass is 9.97. The lowest BCUT2D eigenvalue weighted by Crippen LogP contribution is -2.21. The van der Waals surface area contributed by atoms with Crippen LogP contribution in [0.4, 0.5) is 0 Å². The van der Waals surface area contributed by atoms with E-state index in [1.165, 1.54) is 0 Å². The molecule has 0 atom stereocenters. The monoisotopic (exact) mass is 366 g/mol. The van der Waals surface area contributed by atoms with Crippen LogP contribution in [0.3, 0.4) is 0 Å². The summed E-state index contributed by atoms with van der Waals surface area (Å²) < 4.78 is 1.99. The number of aliphatic hydroxyl groups is 1. The molecule has 3 heterocycles. The number of nitrogens with zero attached hydrogens (tertiary/aromatic N) is 4. The minimum atomic E-state index is -0.797. The number of benzene rings is 1. The second kappa shape index (κ2) is 6.04. The highest BCUT2D eigenvalue weighted by atomic mass is 35.5. The van der Waals surface area contributed by atoms with Crippen LogP contribution in [0.25, 0.3) is 28.1 Å². The second-order valence-corrected chi connectivity index (χ2v) is 7.56. The van der Waals surface area contributed by atoms with E-state index in [0.717, 1.165) is 39.3 Å². The van der Waals surface area contributed by atoms with Crippen molar-refractivity contribution >= 4 is 28.3 Å². The molecule has 5 nitrogen and oxygen atoms in total. The third kappa shape index (κ3) is 2.93.